The molecule has 0 aliphatic carbocycles. The number of hydrogen-bond acceptors (Lipinski definition) is 6. The minimum absolute atomic E-state index is 0.0805. The average molecular weight is 453 g/mol. The van der Waals surface area contributed by atoms with Crippen molar-refractivity contribution in [3.05, 3.63) is 77.7 Å². The van der Waals surface area contributed by atoms with Crippen LogP contribution in [0, 0.1) is 0 Å². The van der Waals surface area contributed by atoms with E-state index in [0.29, 0.717) is 35.2 Å². The standard InChI is InChI=1S/C22H20N4O3S2/c27-20(13-30-14-21-26-18-5-1-2-6-19(18)31-21)24-15-7-9-16(10-8-15)25-22(28)23-12-17-4-3-11-29-17/h1-11H,12-14H2,(H,24,27)(H2,23,25,28). The van der Waals surface area contributed by atoms with Crippen LogP contribution in [0.3, 0.4) is 0 Å². The first kappa shape index (κ1) is 21.0. The SMILES string of the molecule is O=C(CSCc1nc2ccccc2s1)Nc1ccc(NC(=O)NCc2ccco2)cc1. The Morgan fingerprint density at radius 2 is 1.74 bits per heavy atom. The Labute approximate surface area is 187 Å². The summed E-state index contributed by atoms with van der Waals surface area (Å²) in [5.41, 5.74) is 2.29. The number of thiazole rings is 1. The Bertz CT molecular complexity index is 1120. The third kappa shape index (κ3) is 6.09. The number of benzene rings is 2. The lowest BCUT2D eigenvalue weighted by atomic mass is 10.3. The van der Waals surface area contributed by atoms with Gasteiger partial charge in [-0.3, -0.25) is 4.79 Å². The van der Waals surface area contributed by atoms with Crippen molar-refractivity contribution in [2.45, 2.75) is 12.3 Å². The molecule has 2 aromatic heterocycles. The molecule has 0 bridgehead atoms. The molecular weight excluding hydrogens is 432 g/mol. The van der Waals surface area contributed by atoms with Gasteiger partial charge in [-0.1, -0.05) is 12.1 Å². The molecule has 31 heavy (non-hydrogen) atoms. The van der Waals surface area contributed by atoms with Crippen LogP contribution in [-0.4, -0.2) is 22.7 Å². The summed E-state index contributed by atoms with van der Waals surface area (Å²) in [5, 5.41) is 9.31. The number of urea groups is 1. The van der Waals surface area contributed by atoms with Gasteiger partial charge in [0.2, 0.25) is 5.91 Å². The van der Waals surface area contributed by atoms with Gasteiger partial charge in [0.05, 0.1) is 28.8 Å². The number of anilines is 2. The van der Waals surface area contributed by atoms with Crippen molar-refractivity contribution < 1.29 is 14.0 Å². The number of aromatic nitrogens is 1. The number of rotatable bonds is 8. The lowest BCUT2D eigenvalue weighted by molar-refractivity contribution is -0.113. The van der Waals surface area contributed by atoms with E-state index in [1.807, 2.05) is 18.2 Å². The van der Waals surface area contributed by atoms with Crippen LogP contribution >= 0.6 is 23.1 Å². The first-order chi connectivity index (χ1) is 15.2. The summed E-state index contributed by atoms with van der Waals surface area (Å²) in [4.78, 5) is 28.7. The monoisotopic (exact) mass is 452 g/mol. The third-order valence-corrected chi connectivity index (χ3v) is 6.39. The summed E-state index contributed by atoms with van der Waals surface area (Å²) in [6.45, 7) is 0.307. The zero-order valence-corrected chi connectivity index (χ0v) is 18.1. The van der Waals surface area contributed by atoms with E-state index in [0.717, 1.165) is 15.2 Å². The van der Waals surface area contributed by atoms with Gasteiger partial charge in [0, 0.05) is 17.1 Å². The van der Waals surface area contributed by atoms with Crippen LogP contribution < -0.4 is 16.0 Å². The molecule has 2 aromatic carbocycles. The fraction of sp³-hybridized carbons (Fsp3) is 0.136. The molecule has 0 spiro atoms. The zero-order valence-electron chi connectivity index (χ0n) is 16.5. The van der Waals surface area contributed by atoms with E-state index >= 15 is 0 Å². The van der Waals surface area contributed by atoms with Crippen molar-refractivity contribution in [2.24, 2.45) is 0 Å². The predicted octanol–water partition coefficient (Wildman–Crippen LogP) is 5.08. The molecule has 0 aliphatic heterocycles. The van der Waals surface area contributed by atoms with Crippen molar-refractivity contribution >= 4 is 56.6 Å². The van der Waals surface area contributed by atoms with Gasteiger partial charge in [-0.15, -0.1) is 23.1 Å². The normalized spacial score (nSPS) is 10.7. The van der Waals surface area contributed by atoms with Gasteiger partial charge in [0.25, 0.3) is 0 Å². The molecule has 0 saturated carbocycles. The number of nitrogens with zero attached hydrogens (tertiary/aromatic N) is 1. The van der Waals surface area contributed by atoms with Crippen LogP contribution in [0.2, 0.25) is 0 Å². The van der Waals surface area contributed by atoms with Gasteiger partial charge in [-0.2, -0.15) is 0 Å². The molecule has 0 aliphatic rings. The average Bonchev–Trinajstić information content (AvgIpc) is 3.43. The molecular formula is C22H20N4O3S2. The maximum Gasteiger partial charge on any atom is 0.319 e. The van der Waals surface area contributed by atoms with Gasteiger partial charge in [-0.05, 0) is 48.5 Å². The number of hydrogen-bond donors (Lipinski definition) is 3. The molecule has 0 unspecified atom stereocenters. The molecule has 4 aromatic rings. The Morgan fingerprint density at radius 1 is 0.968 bits per heavy atom. The number of para-hydroxylation sites is 1. The third-order valence-electron chi connectivity index (χ3n) is 4.23. The number of carbonyl (C=O) groups is 2. The highest BCUT2D eigenvalue weighted by Gasteiger charge is 2.07. The quantitative estimate of drug-likeness (QED) is 0.346. The van der Waals surface area contributed by atoms with Crippen LogP contribution in [0.1, 0.15) is 10.8 Å². The fourth-order valence-corrected chi connectivity index (χ4v) is 4.65. The molecule has 7 nitrogen and oxygen atoms in total. The zero-order chi connectivity index (χ0) is 21.5. The molecule has 9 heteroatoms. The summed E-state index contributed by atoms with van der Waals surface area (Å²) >= 11 is 3.18. The summed E-state index contributed by atoms with van der Waals surface area (Å²) in [6.07, 6.45) is 1.56. The Kier molecular flexibility index (Phi) is 6.85. The largest absolute Gasteiger partial charge is 0.467 e. The highest BCUT2D eigenvalue weighted by Crippen LogP contribution is 2.24. The van der Waals surface area contributed by atoms with Crippen LogP contribution in [0.25, 0.3) is 10.2 Å². The second kappa shape index (κ2) is 10.1. The summed E-state index contributed by atoms with van der Waals surface area (Å²) in [7, 11) is 0. The first-order valence-electron chi connectivity index (χ1n) is 9.55. The number of carbonyl (C=O) groups excluding carboxylic acids is 2. The van der Waals surface area contributed by atoms with E-state index in [2.05, 4.69) is 27.0 Å². The summed E-state index contributed by atoms with van der Waals surface area (Å²) in [5.74, 6) is 1.63. The van der Waals surface area contributed by atoms with E-state index in [1.54, 1.807) is 54.0 Å². The minimum atomic E-state index is -0.334. The minimum Gasteiger partial charge on any atom is -0.467 e. The van der Waals surface area contributed by atoms with Crippen LogP contribution in [0.15, 0.2) is 71.3 Å². The van der Waals surface area contributed by atoms with Crippen molar-refractivity contribution in [3.63, 3.8) is 0 Å². The lowest BCUT2D eigenvalue weighted by Gasteiger charge is -2.08. The van der Waals surface area contributed by atoms with Gasteiger partial charge in [-0.25, -0.2) is 9.78 Å². The number of amides is 3. The second-order valence-corrected chi connectivity index (χ2v) is 8.68. The summed E-state index contributed by atoms with van der Waals surface area (Å²) in [6, 6.07) is 18.2. The number of thioether (sulfide) groups is 1. The Balaban J connectivity index is 1.19. The number of furan rings is 1. The number of nitrogens with one attached hydrogen (secondary N) is 3. The maximum absolute atomic E-state index is 12.2. The van der Waals surface area contributed by atoms with E-state index in [-0.39, 0.29) is 11.9 Å². The molecule has 0 atom stereocenters. The van der Waals surface area contributed by atoms with Gasteiger partial charge in [0.15, 0.2) is 0 Å². The molecule has 3 amide bonds. The van der Waals surface area contributed by atoms with E-state index in [9.17, 15) is 9.59 Å². The van der Waals surface area contributed by atoms with Crippen molar-refractivity contribution in [2.75, 3.05) is 16.4 Å². The molecule has 158 valence electrons. The van der Waals surface area contributed by atoms with Gasteiger partial charge >= 0.3 is 6.03 Å². The highest BCUT2D eigenvalue weighted by atomic mass is 32.2. The molecule has 3 N–H and O–H groups in total. The van der Waals surface area contributed by atoms with Crippen LogP contribution in [0.5, 0.6) is 0 Å². The van der Waals surface area contributed by atoms with Crippen LogP contribution in [0.4, 0.5) is 16.2 Å². The van der Waals surface area contributed by atoms with Gasteiger partial charge < -0.3 is 20.4 Å². The Morgan fingerprint density at radius 3 is 2.48 bits per heavy atom. The molecule has 2 heterocycles. The smallest absolute Gasteiger partial charge is 0.319 e. The van der Waals surface area contributed by atoms with E-state index in [1.165, 1.54) is 11.8 Å². The second-order valence-electron chi connectivity index (χ2n) is 6.58. The maximum atomic E-state index is 12.2. The van der Waals surface area contributed by atoms with E-state index in [4.69, 9.17) is 4.42 Å². The molecule has 0 fully saturated rings. The molecule has 0 radical (unpaired) electrons. The van der Waals surface area contributed by atoms with E-state index < -0.39 is 0 Å². The van der Waals surface area contributed by atoms with Crippen LogP contribution in [-0.2, 0) is 17.1 Å². The molecule has 0 saturated heterocycles. The summed E-state index contributed by atoms with van der Waals surface area (Å²) < 4.78 is 6.32. The Hall–Kier alpha value is -3.30. The van der Waals surface area contributed by atoms with Crippen molar-refractivity contribution in [1.82, 2.24) is 10.3 Å². The van der Waals surface area contributed by atoms with Crippen molar-refractivity contribution in [3.8, 4) is 0 Å². The number of fused-ring (bicyclic) bond motifs is 1. The molecule has 4 rings (SSSR count). The highest BCUT2D eigenvalue weighted by molar-refractivity contribution is 7.99. The topological polar surface area (TPSA) is 96.3 Å². The van der Waals surface area contributed by atoms with Crippen molar-refractivity contribution in [1.29, 1.82) is 0 Å². The first-order valence-corrected chi connectivity index (χ1v) is 11.5. The lowest BCUT2D eigenvalue weighted by Crippen LogP contribution is -2.27. The predicted molar refractivity (Wildman–Crippen MR) is 125 cm³/mol. The fourth-order valence-electron chi connectivity index (χ4n) is 2.80. The van der Waals surface area contributed by atoms with Gasteiger partial charge in [0.1, 0.15) is 10.8 Å².